The van der Waals surface area contributed by atoms with E-state index in [1.165, 1.54) is 4.90 Å². The molecule has 0 aromatic heterocycles. The quantitative estimate of drug-likeness (QED) is 0.757. The van der Waals surface area contributed by atoms with Gasteiger partial charge in [-0.25, -0.2) is 0 Å². The van der Waals surface area contributed by atoms with Crippen molar-refractivity contribution in [1.29, 1.82) is 0 Å². The minimum absolute atomic E-state index is 0.171. The summed E-state index contributed by atoms with van der Waals surface area (Å²) in [4.78, 5) is 3.28. The molecule has 0 aliphatic carbocycles. The summed E-state index contributed by atoms with van der Waals surface area (Å²) >= 11 is 0. The molecule has 0 bridgehead atoms. The normalized spacial score (nSPS) is 16.9. The zero-order valence-electron chi connectivity index (χ0n) is 10.4. The Kier molecular flexibility index (Phi) is 6.28. The van der Waals surface area contributed by atoms with Crippen LogP contribution in [-0.2, 0) is 0 Å². The molecule has 0 rings (SSSR count). The fraction of sp³-hybridized carbons (Fsp3) is 1.00. The van der Waals surface area contributed by atoms with Gasteiger partial charge in [-0.3, -0.25) is 4.90 Å². The van der Waals surface area contributed by atoms with E-state index in [4.69, 9.17) is 5.73 Å². The molecule has 0 aliphatic rings. The number of hydrogen-bond donors (Lipinski definition) is 1. The highest BCUT2D eigenvalue weighted by Crippen LogP contribution is 2.25. The van der Waals surface area contributed by atoms with Crippen LogP contribution >= 0.6 is 0 Å². The molecule has 16 heavy (non-hydrogen) atoms. The smallest absolute Gasteiger partial charge is 0.329 e. The Morgan fingerprint density at radius 1 is 1.25 bits per heavy atom. The van der Waals surface area contributed by atoms with Gasteiger partial charge in [0.1, 0.15) is 6.04 Å². The number of halogens is 3. The van der Waals surface area contributed by atoms with Gasteiger partial charge in [-0.1, -0.05) is 6.92 Å². The lowest BCUT2D eigenvalue weighted by Crippen LogP contribution is -2.55. The lowest BCUT2D eigenvalue weighted by atomic mass is 10.1. The summed E-state index contributed by atoms with van der Waals surface area (Å²) in [5, 5.41) is 0. The highest BCUT2D eigenvalue weighted by molar-refractivity contribution is 4.83. The monoisotopic (exact) mass is 241 g/mol. The van der Waals surface area contributed by atoms with E-state index < -0.39 is 18.8 Å². The molecule has 3 nitrogen and oxygen atoms in total. The number of rotatable bonds is 6. The third-order valence-electron chi connectivity index (χ3n) is 2.56. The van der Waals surface area contributed by atoms with Crippen molar-refractivity contribution in [2.75, 3.05) is 33.7 Å². The predicted octanol–water partition coefficient (Wildman–Crippen LogP) is 1.15. The summed E-state index contributed by atoms with van der Waals surface area (Å²) < 4.78 is 38.2. The Balaban J connectivity index is 4.67. The maximum absolute atomic E-state index is 12.7. The molecule has 0 aromatic carbocycles. The van der Waals surface area contributed by atoms with Gasteiger partial charge in [-0.15, -0.1) is 0 Å². The van der Waals surface area contributed by atoms with E-state index >= 15 is 0 Å². The van der Waals surface area contributed by atoms with Crippen molar-refractivity contribution in [1.82, 2.24) is 9.80 Å². The van der Waals surface area contributed by atoms with Crippen molar-refractivity contribution in [3.8, 4) is 0 Å². The summed E-state index contributed by atoms with van der Waals surface area (Å²) in [5.41, 5.74) is 5.23. The summed E-state index contributed by atoms with van der Waals surface area (Å²) in [6, 6.07) is -1.72. The Hall–Kier alpha value is -0.330. The first-order valence-electron chi connectivity index (χ1n) is 5.41. The van der Waals surface area contributed by atoms with Crippen molar-refractivity contribution >= 4 is 0 Å². The fourth-order valence-electron chi connectivity index (χ4n) is 1.93. The minimum atomic E-state index is -4.26. The zero-order chi connectivity index (χ0) is 12.9. The van der Waals surface area contributed by atoms with E-state index in [0.29, 0.717) is 13.1 Å². The summed E-state index contributed by atoms with van der Waals surface area (Å²) in [5.74, 6) is 0. The number of hydrogen-bond acceptors (Lipinski definition) is 3. The first kappa shape index (κ1) is 15.7. The molecule has 2 N–H and O–H groups in total. The van der Waals surface area contributed by atoms with Crippen molar-refractivity contribution in [2.45, 2.75) is 32.1 Å². The average Bonchev–Trinajstić information content (AvgIpc) is 2.10. The highest BCUT2D eigenvalue weighted by Gasteiger charge is 2.43. The molecule has 0 saturated heterocycles. The maximum Gasteiger partial charge on any atom is 0.405 e. The van der Waals surface area contributed by atoms with Crippen LogP contribution in [0.15, 0.2) is 0 Å². The fourth-order valence-corrected chi connectivity index (χ4v) is 1.93. The van der Waals surface area contributed by atoms with Gasteiger partial charge < -0.3 is 10.6 Å². The van der Waals surface area contributed by atoms with Crippen molar-refractivity contribution in [3.05, 3.63) is 0 Å². The van der Waals surface area contributed by atoms with Gasteiger partial charge in [0, 0.05) is 19.1 Å². The molecule has 0 heterocycles. The second kappa shape index (κ2) is 6.42. The third kappa shape index (κ3) is 4.67. The van der Waals surface area contributed by atoms with E-state index in [1.54, 1.807) is 13.8 Å². The van der Waals surface area contributed by atoms with Crippen LogP contribution in [0.25, 0.3) is 0 Å². The summed E-state index contributed by atoms with van der Waals surface area (Å²) in [6.07, 6.45) is -4.26. The molecule has 0 spiro atoms. The van der Waals surface area contributed by atoms with E-state index in [-0.39, 0.29) is 6.04 Å². The Bertz CT molecular complexity index is 194. The van der Waals surface area contributed by atoms with Gasteiger partial charge in [0.25, 0.3) is 0 Å². The van der Waals surface area contributed by atoms with Gasteiger partial charge in [0.15, 0.2) is 0 Å². The largest absolute Gasteiger partial charge is 0.405 e. The van der Waals surface area contributed by atoms with Gasteiger partial charge >= 0.3 is 6.18 Å². The predicted molar refractivity (Wildman–Crippen MR) is 59.3 cm³/mol. The van der Waals surface area contributed by atoms with Gasteiger partial charge in [0.05, 0.1) is 0 Å². The van der Waals surface area contributed by atoms with E-state index in [9.17, 15) is 13.2 Å². The second-order valence-electron chi connectivity index (χ2n) is 4.23. The van der Waals surface area contributed by atoms with E-state index in [1.807, 2.05) is 19.0 Å². The van der Waals surface area contributed by atoms with E-state index in [0.717, 1.165) is 0 Å². The highest BCUT2D eigenvalue weighted by atomic mass is 19.4. The van der Waals surface area contributed by atoms with Crippen LogP contribution in [0.1, 0.15) is 13.8 Å². The number of likely N-dealkylation sites (N-methyl/N-ethyl adjacent to an activating group) is 2. The van der Waals surface area contributed by atoms with Crippen LogP contribution in [0.4, 0.5) is 13.2 Å². The number of nitrogens with two attached hydrogens (primary N) is 1. The molecule has 0 saturated carbocycles. The van der Waals surface area contributed by atoms with Crippen LogP contribution in [0.2, 0.25) is 0 Å². The third-order valence-corrected chi connectivity index (χ3v) is 2.56. The SMILES string of the molecule is CCN(C(C)CN(C)C)C(CN)C(F)(F)F. The zero-order valence-corrected chi connectivity index (χ0v) is 10.4. The molecule has 0 aromatic rings. The molecular weight excluding hydrogens is 219 g/mol. The van der Waals surface area contributed by atoms with Crippen molar-refractivity contribution in [2.24, 2.45) is 5.73 Å². The second-order valence-corrected chi connectivity index (χ2v) is 4.23. The van der Waals surface area contributed by atoms with Crippen LogP contribution in [-0.4, -0.2) is 61.8 Å². The Morgan fingerprint density at radius 3 is 2.00 bits per heavy atom. The average molecular weight is 241 g/mol. The Morgan fingerprint density at radius 2 is 1.75 bits per heavy atom. The molecule has 0 aliphatic heterocycles. The summed E-state index contributed by atoms with van der Waals surface area (Å²) in [6.45, 7) is 4.05. The number of nitrogens with zero attached hydrogens (tertiary/aromatic N) is 2. The Labute approximate surface area is 95.4 Å². The van der Waals surface area contributed by atoms with Crippen molar-refractivity contribution < 1.29 is 13.2 Å². The molecule has 2 atom stereocenters. The molecule has 98 valence electrons. The topological polar surface area (TPSA) is 32.5 Å². The molecular formula is C10H22F3N3. The van der Waals surface area contributed by atoms with Crippen LogP contribution < -0.4 is 5.73 Å². The van der Waals surface area contributed by atoms with Gasteiger partial charge in [0.2, 0.25) is 0 Å². The lowest BCUT2D eigenvalue weighted by molar-refractivity contribution is -0.186. The molecule has 0 radical (unpaired) electrons. The van der Waals surface area contributed by atoms with Crippen LogP contribution in [0, 0.1) is 0 Å². The van der Waals surface area contributed by atoms with Crippen LogP contribution in [0.5, 0.6) is 0 Å². The minimum Gasteiger partial charge on any atom is -0.329 e. The lowest BCUT2D eigenvalue weighted by Gasteiger charge is -2.37. The first-order chi connectivity index (χ1) is 7.23. The van der Waals surface area contributed by atoms with E-state index in [2.05, 4.69) is 0 Å². The molecule has 0 amide bonds. The van der Waals surface area contributed by atoms with Gasteiger partial charge in [-0.05, 0) is 27.6 Å². The standard InChI is InChI=1S/C10H22F3N3/c1-5-16(8(2)7-15(3)4)9(6-14)10(11,12)13/h8-9H,5-7,14H2,1-4H3. The summed E-state index contributed by atoms with van der Waals surface area (Å²) in [7, 11) is 3.69. The molecule has 6 heteroatoms. The van der Waals surface area contributed by atoms with Crippen molar-refractivity contribution in [3.63, 3.8) is 0 Å². The molecule has 2 unspecified atom stereocenters. The van der Waals surface area contributed by atoms with Gasteiger partial charge in [-0.2, -0.15) is 13.2 Å². The first-order valence-corrected chi connectivity index (χ1v) is 5.41. The number of alkyl halides is 3. The molecule has 0 fully saturated rings. The maximum atomic E-state index is 12.7. The van der Waals surface area contributed by atoms with Crippen LogP contribution in [0.3, 0.4) is 0 Å².